The molecule has 20 heteroatoms. The topological polar surface area (TPSA) is 151 Å². The maximum atomic E-state index is 14.2. The molecule has 1 aromatic carbocycles. The molecule has 0 atom stereocenters. The summed E-state index contributed by atoms with van der Waals surface area (Å²) in [4.78, 5) is 63.7. The Bertz CT molecular complexity index is 1860. The molecule has 0 fully saturated rings. The van der Waals surface area contributed by atoms with Crippen molar-refractivity contribution in [3.05, 3.63) is 71.5 Å². The van der Waals surface area contributed by atoms with E-state index in [1.54, 1.807) is 0 Å². The van der Waals surface area contributed by atoms with Gasteiger partial charge in [-0.1, -0.05) is 6.07 Å². The van der Waals surface area contributed by atoms with E-state index < -0.39 is 55.7 Å². The van der Waals surface area contributed by atoms with E-state index in [4.69, 9.17) is 0 Å². The number of thiophene rings is 1. The molecule has 0 radical (unpaired) electrons. The minimum Gasteiger partial charge on any atom is -0.790 e. The largest absolute Gasteiger partial charge is 1.00 e. The zero-order valence-corrected chi connectivity index (χ0v) is 28.3. The predicted molar refractivity (Wildman–Crippen MR) is 128 cm³/mol. The Hall–Kier alpha value is -1.21. The van der Waals surface area contributed by atoms with Crippen molar-refractivity contribution in [3.8, 4) is 11.3 Å². The van der Waals surface area contributed by atoms with Crippen LogP contribution in [0.1, 0.15) is 11.1 Å². The van der Waals surface area contributed by atoms with Gasteiger partial charge in [0, 0.05) is 25.0 Å². The van der Waals surface area contributed by atoms with Crippen LogP contribution in [0.3, 0.4) is 0 Å². The zero-order valence-electron chi connectivity index (χ0n) is 21.7. The molecule has 41 heavy (non-hydrogen) atoms. The molecule has 0 unspecified atom stereocenters. The molecule has 0 aliphatic rings. The van der Waals surface area contributed by atoms with Crippen LogP contribution in [0.4, 0.5) is 17.6 Å². The van der Waals surface area contributed by atoms with Gasteiger partial charge in [0.1, 0.15) is 17.4 Å². The Morgan fingerprint density at radius 1 is 1.10 bits per heavy atom. The summed E-state index contributed by atoms with van der Waals surface area (Å²) in [6.07, 6.45) is -5.36. The van der Waals surface area contributed by atoms with Crippen molar-refractivity contribution in [1.29, 1.82) is 0 Å². The fraction of sp³-hybridized carbons (Fsp3) is 0.238. The summed E-state index contributed by atoms with van der Waals surface area (Å²) in [7, 11) is -2.79. The summed E-state index contributed by atoms with van der Waals surface area (Å²) in [5.41, 5.74) is -2.66. The van der Waals surface area contributed by atoms with Gasteiger partial charge in [-0.25, -0.2) is 9.18 Å². The van der Waals surface area contributed by atoms with Gasteiger partial charge in [0.2, 0.25) is 0 Å². The molecule has 0 saturated carbocycles. The quantitative estimate of drug-likeness (QED) is 0.116. The van der Waals surface area contributed by atoms with Gasteiger partial charge in [0.25, 0.3) is 11.5 Å². The number of thiazole rings is 1. The molecule has 3 heterocycles. The minimum atomic E-state index is -5.53. The number of rotatable bonds is 6. The predicted octanol–water partition coefficient (Wildman–Crippen LogP) is -4.53. The Kier molecular flexibility index (Phi) is 11.9. The summed E-state index contributed by atoms with van der Waals surface area (Å²) < 4.78 is 71.4. The van der Waals surface area contributed by atoms with Gasteiger partial charge in [0.05, 0.1) is 30.9 Å². The van der Waals surface area contributed by atoms with Crippen LogP contribution in [0.2, 0.25) is 0 Å². The fourth-order valence-electron chi connectivity index (χ4n) is 3.67. The van der Waals surface area contributed by atoms with Gasteiger partial charge in [-0.15, -0.1) is 22.7 Å². The number of halogens is 4. The SMILES string of the molecule is Cn1c(=O)c2c(CC(=O)N=c3scc(-c4ccc(C(F)(F)F)c(F)c4)n3COP(=O)([O-])[O-])csc2n(C)c1=O.[Na+].[Na+]. The van der Waals surface area contributed by atoms with Crippen LogP contribution in [0.15, 0.2) is 43.5 Å². The Morgan fingerprint density at radius 2 is 1.76 bits per heavy atom. The first-order valence-electron chi connectivity index (χ1n) is 10.5. The summed E-state index contributed by atoms with van der Waals surface area (Å²) in [5.74, 6) is -2.43. The van der Waals surface area contributed by atoms with Crippen molar-refractivity contribution >= 4 is 46.6 Å². The molecular weight excluding hydrogens is 637 g/mol. The second-order valence-electron chi connectivity index (χ2n) is 8.06. The zero-order chi connectivity index (χ0) is 28.9. The van der Waals surface area contributed by atoms with Gasteiger partial charge in [-0.3, -0.25) is 23.3 Å². The molecular formula is C21H15F4N4Na2O7PS2. The molecule has 4 aromatic rings. The third kappa shape index (κ3) is 7.85. The molecule has 11 nitrogen and oxygen atoms in total. The van der Waals surface area contributed by atoms with Crippen molar-refractivity contribution < 1.29 is 100 Å². The maximum absolute atomic E-state index is 14.2. The number of hydrogen-bond acceptors (Lipinski definition) is 9. The molecule has 0 aliphatic carbocycles. The molecule has 3 aromatic heterocycles. The van der Waals surface area contributed by atoms with Crippen molar-refractivity contribution in [2.24, 2.45) is 19.1 Å². The first kappa shape index (κ1) is 36.0. The second-order valence-corrected chi connectivity index (χ2v) is 10.9. The Labute approximate surface area is 279 Å². The van der Waals surface area contributed by atoms with Gasteiger partial charge < -0.3 is 18.9 Å². The molecule has 0 N–H and O–H groups in total. The van der Waals surface area contributed by atoms with E-state index in [0.717, 1.165) is 37.9 Å². The molecule has 0 spiro atoms. The number of aryl methyl sites for hydroxylation is 1. The number of aromatic nitrogens is 3. The number of alkyl halides is 3. The number of phosphoric acid groups is 1. The minimum absolute atomic E-state index is 0. The third-order valence-electron chi connectivity index (χ3n) is 5.52. The fourth-order valence-corrected chi connectivity index (χ4v) is 5.87. The first-order valence-corrected chi connectivity index (χ1v) is 13.8. The summed E-state index contributed by atoms with van der Waals surface area (Å²) >= 11 is 1.80. The summed E-state index contributed by atoms with van der Waals surface area (Å²) in [5, 5.41) is 2.89. The second kappa shape index (κ2) is 13.6. The normalized spacial score (nSPS) is 12.3. The Morgan fingerprint density at radius 3 is 2.34 bits per heavy atom. The molecule has 1 amide bonds. The van der Waals surface area contributed by atoms with E-state index in [-0.39, 0.29) is 86.1 Å². The maximum Gasteiger partial charge on any atom is 1.00 e. The van der Waals surface area contributed by atoms with Crippen molar-refractivity contribution in [2.45, 2.75) is 19.3 Å². The molecule has 0 aliphatic heterocycles. The van der Waals surface area contributed by atoms with Crippen LogP contribution in [-0.4, -0.2) is 19.6 Å². The van der Waals surface area contributed by atoms with Crippen LogP contribution in [-0.2, 0) is 47.3 Å². The number of hydrogen-bond donors (Lipinski definition) is 0. The van der Waals surface area contributed by atoms with E-state index in [1.165, 1.54) is 29.4 Å². The summed E-state index contributed by atoms with van der Waals surface area (Å²) in [6.45, 7) is -0.998. The van der Waals surface area contributed by atoms with E-state index in [1.807, 2.05) is 0 Å². The number of nitrogens with zero attached hydrogens (tertiary/aromatic N) is 4. The number of carbonyl (C=O) groups is 1. The number of benzene rings is 1. The van der Waals surface area contributed by atoms with Crippen LogP contribution in [0, 0.1) is 5.82 Å². The first-order chi connectivity index (χ1) is 18.1. The van der Waals surface area contributed by atoms with E-state index >= 15 is 0 Å². The molecule has 0 bridgehead atoms. The van der Waals surface area contributed by atoms with E-state index in [2.05, 4.69) is 9.52 Å². The van der Waals surface area contributed by atoms with Crippen LogP contribution in [0.25, 0.3) is 21.5 Å². The van der Waals surface area contributed by atoms with Crippen LogP contribution in [0.5, 0.6) is 0 Å². The number of carbonyl (C=O) groups excluding carboxylic acids is 1. The molecule has 208 valence electrons. The number of phosphoric ester groups is 1. The monoisotopic (exact) mass is 652 g/mol. The third-order valence-corrected chi connectivity index (χ3v) is 7.92. The summed E-state index contributed by atoms with van der Waals surface area (Å²) in [6, 6.07) is 1.96. The number of amides is 1. The average Bonchev–Trinajstić information content (AvgIpc) is 3.42. The van der Waals surface area contributed by atoms with E-state index in [0.29, 0.717) is 17.0 Å². The van der Waals surface area contributed by atoms with Crippen LogP contribution < -0.4 is 85.0 Å². The van der Waals surface area contributed by atoms with Crippen molar-refractivity contribution in [1.82, 2.24) is 13.7 Å². The molecule has 0 saturated heterocycles. The standard InChI is InChI=1S/C21H17F4N4O7PS2.2Na/c1-27-17(31)16-11(7-38-18(16)28(2)20(27)32)6-15(30)26-19-29(9-36-37(33,34)35)14(8-39-19)10-3-4-12(13(22)5-10)21(23,24)25;;/h3-5,7-8H,6,9H2,1-2H3,(H2,33,34,35);;/q;2*+1/p-2. The van der Waals surface area contributed by atoms with E-state index in [9.17, 15) is 46.3 Å². The van der Waals surface area contributed by atoms with Gasteiger partial charge in [-0.2, -0.15) is 18.2 Å². The van der Waals surface area contributed by atoms with Gasteiger partial charge in [0.15, 0.2) is 4.80 Å². The van der Waals surface area contributed by atoms with Gasteiger partial charge >= 0.3 is 71.0 Å². The average molecular weight is 652 g/mol. The smallest absolute Gasteiger partial charge is 0.790 e. The number of fused-ring (bicyclic) bond motifs is 1. The van der Waals surface area contributed by atoms with Gasteiger partial charge in [-0.05, 0) is 23.1 Å². The van der Waals surface area contributed by atoms with Crippen LogP contribution >= 0.6 is 30.5 Å². The molecule has 4 rings (SSSR count). The van der Waals surface area contributed by atoms with Crippen molar-refractivity contribution in [3.63, 3.8) is 0 Å². The van der Waals surface area contributed by atoms with Crippen molar-refractivity contribution in [2.75, 3.05) is 0 Å². The Balaban J connectivity index is 0.00000294.